The zero-order chi connectivity index (χ0) is 27.9. The fourth-order valence-electron chi connectivity index (χ4n) is 5.44. The van der Waals surface area contributed by atoms with Crippen LogP contribution in [0.15, 0.2) is 10.8 Å². The molecule has 1 aromatic heterocycles. The van der Waals surface area contributed by atoms with E-state index in [4.69, 9.17) is 9.47 Å². The zero-order valence-electron chi connectivity index (χ0n) is 26.6. The largest absolute Gasteiger partial charge is 0.489 e. The highest BCUT2D eigenvalue weighted by atomic mass is 32.1. The van der Waals surface area contributed by atoms with Crippen LogP contribution in [0.2, 0.25) is 0 Å². The highest BCUT2D eigenvalue weighted by Gasteiger charge is 2.06. The molecule has 1 heterocycles. The summed E-state index contributed by atoms with van der Waals surface area (Å²) in [6.07, 6.45) is 39.0. The predicted molar refractivity (Wildman–Crippen MR) is 176 cm³/mol. The number of unbranched alkanes of at least 4 members (excludes halogenated alkanes) is 26. The van der Waals surface area contributed by atoms with Crippen molar-refractivity contribution in [2.75, 3.05) is 13.2 Å². The molecule has 0 aliphatic rings. The van der Waals surface area contributed by atoms with Crippen molar-refractivity contribution in [2.45, 2.75) is 194 Å². The van der Waals surface area contributed by atoms with E-state index in [2.05, 4.69) is 24.6 Å². The van der Waals surface area contributed by atoms with Crippen LogP contribution < -0.4 is 9.47 Å². The van der Waals surface area contributed by atoms with Crippen molar-refractivity contribution in [3.8, 4) is 11.5 Å². The molecule has 0 atom stereocenters. The molecule has 0 N–H and O–H groups in total. The first-order valence-corrected chi connectivity index (χ1v) is 18.6. The van der Waals surface area contributed by atoms with Crippen molar-refractivity contribution >= 4 is 11.3 Å². The Balaban J connectivity index is 1.83. The molecule has 3 heteroatoms. The summed E-state index contributed by atoms with van der Waals surface area (Å²) in [4.78, 5) is 0. The summed E-state index contributed by atoms with van der Waals surface area (Å²) in [7, 11) is 0. The van der Waals surface area contributed by atoms with Crippen LogP contribution in [-0.4, -0.2) is 13.2 Å². The van der Waals surface area contributed by atoms with Crippen molar-refractivity contribution in [3.63, 3.8) is 0 Å². The van der Waals surface area contributed by atoms with Crippen molar-refractivity contribution in [1.29, 1.82) is 0 Å². The van der Waals surface area contributed by atoms with E-state index in [9.17, 15) is 0 Å². The lowest BCUT2D eigenvalue weighted by molar-refractivity contribution is 0.260. The Hall–Kier alpha value is -0.700. The van der Waals surface area contributed by atoms with Gasteiger partial charge in [0.2, 0.25) is 0 Å². The smallest absolute Gasteiger partial charge is 0.171 e. The van der Waals surface area contributed by atoms with Gasteiger partial charge in [-0.2, -0.15) is 0 Å². The minimum absolute atomic E-state index is 0.823. The molecule has 0 radical (unpaired) electrons. The molecule has 1 aromatic rings. The van der Waals surface area contributed by atoms with Crippen molar-refractivity contribution in [1.82, 2.24) is 0 Å². The second-order valence-corrected chi connectivity index (χ2v) is 12.7. The fourth-order valence-corrected chi connectivity index (χ4v) is 6.13. The van der Waals surface area contributed by atoms with Crippen LogP contribution >= 0.6 is 11.3 Å². The number of rotatable bonds is 32. The third kappa shape index (κ3) is 24.8. The molecule has 0 fully saturated rings. The summed E-state index contributed by atoms with van der Waals surface area (Å²) in [5.74, 6) is 1.92. The molecule has 2 nitrogen and oxygen atoms in total. The lowest BCUT2D eigenvalue weighted by Crippen LogP contribution is -2.01. The maximum Gasteiger partial charge on any atom is 0.171 e. The minimum atomic E-state index is 0.823. The summed E-state index contributed by atoms with van der Waals surface area (Å²) in [6, 6.07) is 0. The summed E-state index contributed by atoms with van der Waals surface area (Å²) in [5.41, 5.74) is 0. The molecule has 0 amide bonds. The SMILES string of the molecule is CCCCCCCCCCCCCCCCOc1cscc1OCCCCCCCCCCCCCCCC. The second kappa shape index (κ2) is 30.3. The van der Waals surface area contributed by atoms with E-state index in [1.807, 2.05) is 0 Å². The van der Waals surface area contributed by atoms with E-state index in [1.165, 1.54) is 167 Å². The fraction of sp³-hybridized carbons (Fsp3) is 0.889. The molecule has 0 saturated heterocycles. The van der Waals surface area contributed by atoms with Gasteiger partial charge in [-0.25, -0.2) is 0 Å². The first kappa shape index (κ1) is 36.3. The van der Waals surface area contributed by atoms with Gasteiger partial charge in [0.15, 0.2) is 11.5 Å². The van der Waals surface area contributed by atoms with Crippen molar-refractivity contribution in [2.24, 2.45) is 0 Å². The van der Waals surface area contributed by atoms with E-state index < -0.39 is 0 Å². The average molecular weight is 565 g/mol. The maximum atomic E-state index is 6.04. The van der Waals surface area contributed by atoms with E-state index >= 15 is 0 Å². The average Bonchev–Trinajstić information content (AvgIpc) is 3.40. The van der Waals surface area contributed by atoms with Gasteiger partial charge >= 0.3 is 0 Å². The Labute approximate surface area is 249 Å². The number of thiophene rings is 1. The lowest BCUT2D eigenvalue weighted by Gasteiger charge is -2.09. The Morgan fingerprint density at radius 1 is 0.359 bits per heavy atom. The number of hydrogen-bond donors (Lipinski definition) is 0. The van der Waals surface area contributed by atoms with Crippen LogP contribution in [0.25, 0.3) is 0 Å². The highest BCUT2D eigenvalue weighted by Crippen LogP contribution is 2.32. The molecule has 0 unspecified atom stereocenters. The molecule has 0 aromatic carbocycles. The summed E-state index contributed by atoms with van der Waals surface area (Å²) in [6.45, 7) is 6.24. The van der Waals surface area contributed by atoms with E-state index in [1.54, 1.807) is 11.3 Å². The van der Waals surface area contributed by atoms with Gasteiger partial charge in [0.25, 0.3) is 0 Å². The molecular weight excluding hydrogens is 496 g/mol. The van der Waals surface area contributed by atoms with E-state index in [0.717, 1.165) is 37.6 Å². The number of ether oxygens (including phenoxy) is 2. The quantitative estimate of drug-likeness (QED) is 0.0810. The van der Waals surface area contributed by atoms with Crippen LogP contribution in [0.3, 0.4) is 0 Å². The topological polar surface area (TPSA) is 18.5 Å². The zero-order valence-corrected chi connectivity index (χ0v) is 27.4. The third-order valence-electron chi connectivity index (χ3n) is 8.10. The Morgan fingerprint density at radius 3 is 0.846 bits per heavy atom. The normalized spacial score (nSPS) is 11.3. The molecule has 230 valence electrons. The third-order valence-corrected chi connectivity index (χ3v) is 8.80. The van der Waals surface area contributed by atoms with Gasteiger partial charge in [0.1, 0.15) is 0 Å². The van der Waals surface area contributed by atoms with Crippen LogP contribution in [0.4, 0.5) is 0 Å². The maximum absolute atomic E-state index is 6.04. The first-order valence-electron chi connectivity index (χ1n) is 17.7. The van der Waals surface area contributed by atoms with Crippen LogP contribution in [0.5, 0.6) is 11.5 Å². The van der Waals surface area contributed by atoms with E-state index in [0.29, 0.717) is 0 Å². The minimum Gasteiger partial charge on any atom is -0.489 e. The van der Waals surface area contributed by atoms with Crippen LogP contribution in [-0.2, 0) is 0 Å². The molecule has 0 bridgehead atoms. The monoisotopic (exact) mass is 564 g/mol. The summed E-state index contributed by atoms with van der Waals surface area (Å²) < 4.78 is 12.1. The van der Waals surface area contributed by atoms with Crippen LogP contribution in [0.1, 0.15) is 194 Å². The van der Waals surface area contributed by atoms with Gasteiger partial charge in [-0.1, -0.05) is 181 Å². The molecule has 0 aliphatic carbocycles. The van der Waals surface area contributed by atoms with Gasteiger partial charge in [-0.05, 0) is 12.8 Å². The van der Waals surface area contributed by atoms with Crippen LogP contribution in [0, 0.1) is 0 Å². The first-order chi connectivity index (χ1) is 19.4. The van der Waals surface area contributed by atoms with Gasteiger partial charge in [-0.15, -0.1) is 11.3 Å². The van der Waals surface area contributed by atoms with Gasteiger partial charge in [0, 0.05) is 10.8 Å². The van der Waals surface area contributed by atoms with Crippen molar-refractivity contribution < 1.29 is 9.47 Å². The van der Waals surface area contributed by atoms with Gasteiger partial charge in [0.05, 0.1) is 13.2 Å². The van der Waals surface area contributed by atoms with E-state index in [-0.39, 0.29) is 0 Å². The molecule has 0 saturated carbocycles. The Morgan fingerprint density at radius 2 is 0.590 bits per heavy atom. The summed E-state index contributed by atoms with van der Waals surface area (Å²) in [5, 5.41) is 4.20. The summed E-state index contributed by atoms with van der Waals surface area (Å²) >= 11 is 1.69. The van der Waals surface area contributed by atoms with Crippen molar-refractivity contribution in [3.05, 3.63) is 10.8 Å². The predicted octanol–water partition coefficient (Wildman–Crippen LogP) is 13.5. The number of hydrogen-bond acceptors (Lipinski definition) is 3. The molecule has 1 rings (SSSR count). The van der Waals surface area contributed by atoms with Gasteiger partial charge < -0.3 is 9.47 Å². The van der Waals surface area contributed by atoms with Gasteiger partial charge in [-0.3, -0.25) is 0 Å². The molecular formula is C36H68O2S. The molecule has 0 spiro atoms. The standard InChI is InChI=1S/C36H68O2S/c1-3-5-7-9-11-13-15-17-19-21-23-25-27-29-31-37-35-33-39-34-36(35)38-32-30-28-26-24-22-20-18-16-14-12-10-8-6-4-2/h33-34H,3-32H2,1-2H3. The molecule has 39 heavy (non-hydrogen) atoms. The Kier molecular flexibility index (Phi) is 28.2. The lowest BCUT2D eigenvalue weighted by atomic mass is 10.0. The second-order valence-electron chi connectivity index (χ2n) is 12.0. The molecule has 0 aliphatic heterocycles. The highest BCUT2D eigenvalue weighted by molar-refractivity contribution is 7.08. The Bertz CT molecular complexity index is 536.